The van der Waals surface area contributed by atoms with Gasteiger partial charge in [-0.3, -0.25) is 0 Å². The molecule has 0 bridgehead atoms. The molecule has 3 nitrogen and oxygen atoms in total. The van der Waals surface area contributed by atoms with Crippen LogP contribution in [0.4, 0.5) is 0 Å². The predicted molar refractivity (Wildman–Crippen MR) is 75.0 cm³/mol. The van der Waals surface area contributed by atoms with Crippen LogP contribution in [0.3, 0.4) is 0 Å². The molecule has 0 N–H and O–H groups in total. The lowest BCUT2D eigenvalue weighted by atomic mass is 10.2. The van der Waals surface area contributed by atoms with Gasteiger partial charge in [0.05, 0.1) is 5.69 Å². The van der Waals surface area contributed by atoms with E-state index in [-0.39, 0.29) is 0 Å². The Morgan fingerprint density at radius 3 is 2.72 bits per heavy atom. The number of benzene rings is 1. The molecule has 1 aromatic heterocycles. The number of rotatable bonds is 3. The van der Waals surface area contributed by atoms with Crippen LogP contribution in [0.2, 0.25) is 5.02 Å². The molecule has 0 spiro atoms. The summed E-state index contributed by atoms with van der Waals surface area (Å²) in [5.41, 5.74) is 2.87. The Balaban J connectivity index is 2.11. The number of nitrogens with zero attached hydrogens (tertiary/aromatic N) is 2. The quantitative estimate of drug-likeness (QED) is 0.851. The van der Waals surface area contributed by atoms with Crippen molar-refractivity contribution in [3.05, 3.63) is 50.6 Å². The van der Waals surface area contributed by atoms with E-state index in [0.29, 0.717) is 17.5 Å². The molecule has 2 rings (SSSR count). The van der Waals surface area contributed by atoms with Crippen molar-refractivity contribution < 1.29 is 4.74 Å². The molecular formula is C13H12BrClN2O. The number of hydrogen-bond acceptors (Lipinski definition) is 3. The van der Waals surface area contributed by atoms with Crippen LogP contribution in [0.15, 0.2) is 28.7 Å². The molecule has 0 unspecified atom stereocenters. The normalized spacial score (nSPS) is 10.4. The molecule has 0 aliphatic rings. The lowest BCUT2D eigenvalue weighted by Crippen LogP contribution is -2.01. The summed E-state index contributed by atoms with van der Waals surface area (Å²) in [6.07, 6.45) is 0. The van der Waals surface area contributed by atoms with Crippen LogP contribution in [0.1, 0.15) is 16.8 Å². The van der Waals surface area contributed by atoms with Crippen molar-refractivity contribution in [1.82, 2.24) is 10.2 Å². The summed E-state index contributed by atoms with van der Waals surface area (Å²) >= 11 is 9.48. The topological polar surface area (TPSA) is 35.0 Å². The van der Waals surface area contributed by atoms with Gasteiger partial charge in [-0.1, -0.05) is 27.5 Å². The zero-order valence-electron chi connectivity index (χ0n) is 10.1. The Hall–Kier alpha value is -1.13. The largest absolute Gasteiger partial charge is 0.472 e. The number of ether oxygens (including phenoxy) is 1. The van der Waals surface area contributed by atoms with Gasteiger partial charge < -0.3 is 4.74 Å². The van der Waals surface area contributed by atoms with E-state index < -0.39 is 0 Å². The van der Waals surface area contributed by atoms with Crippen molar-refractivity contribution in [3.63, 3.8) is 0 Å². The van der Waals surface area contributed by atoms with Crippen LogP contribution in [0, 0.1) is 13.8 Å². The summed E-state index contributed by atoms with van der Waals surface area (Å²) in [5, 5.41) is 8.67. The van der Waals surface area contributed by atoms with E-state index in [1.165, 1.54) is 0 Å². The van der Waals surface area contributed by atoms with Gasteiger partial charge in [0, 0.05) is 21.1 Å². The molecule has 18 heavy (non-hydrogen) atoms. The Bertz CT molecular complexity index is 575. The van der Waals surface area contributed by atoms with Crippen molar-refractivity contribution in [3.8, 4) is 5.88 Å². The smallest absolute Gasteiger partial charge is 0.233 e. The van der Waals surface area contributed by atoms with E-state index in [9.17, 15) is 0 Å². The van der Waals surface area contributed by atoms with E-state index in [2.05, 4.69) is 26.1 Å². The third-order valence-electron chi connectivity index (χ3n) is 2.59. The highest BCUT2D eigenvalue weighted by Gasteiger charge is 2.04. The fraction of sp³-hybridized carbons (Fsp3) is 0.231. The Kier molecular flexibility index (Phi) is 4.19. The molecule has 0 fully saturated rings. The second-order valence-corrected chi connectivity index (χ2v) is 5.30. The van der Waals surface area contributed by atoms with E-state index in [1.807, 2.05) is 38.1 Å². The maximum absolute atomic E-state index is 6.08. The fourth-order valence-corrected chi connectivity index (χ4v) is 1.98. The predicted octanol–water partition coefficient (Wildman–Crippen LogP) is 4.09. The average Bonchev–Trinajstić information content (AvgIpc) is 2.34. The standard InChI is InChI=1S/C13H12BrClN2O/c1-8-5-13(17-16-9(8)2)18-7-10-6-11(14)3-4-12(10)15/h3-6H,7H2,1-2H3. The summed E-state index contributed by atoms with van der Waals surface area (Å²) in [6.45, 7) is 4.26. The van der Waals surface area contributed by atoms with Crippen molar-refractivity contribution >= 4 is 27.5 Å². The summed E-state index contributed by atoms with van der Waals surface area (Å²) in [5.74, 6) is 0.508. The van der Waals surface area contributed by atoms with Gasteiger partial charge in [0.1, 0.15) is 6.61 Å². The van der Waals surface area contributed by atoms with Gasteiger partial charge in [-0.05, 0) is 37.6 Å². The number of halogens is 2. The third-order valence-corrected chi connectivity index (χ3v) is 3.45. The van der Waals surface area contributed by atoms with E-state index >= 15 is 0 Å². The molecule has 0 amide bonds. The highest BCUT2D eigenvalue weighted by molar-refractivity contribution is 9.10. The van der Waals surface area contributed by atoms with Crippen LogP contribution in [0.25, 0.3) is 0 Å². The summed E-state index contributed by atoms with van der Waals surface area (Å²) < 4.78 is 6.55. The minimum Gasteiger partial charge on any atom is -0.472 e. The molecule has 0 saturated carbocycles. The van der Waals surface area contributed by atoms with Gasteiger partial charge in [-0.15, -0.1) is 5.10 Å². The van der Waals surface area contributed by atoms with E-state index in [4.69, 9.17) is 16.3 Å². The first kappa shape index (κ1) is 13.3. The molecule has 1 aromatic carbocycles. The third kappa shape index (κ3) is 3.21. The Morgan fingerprint density at radius 2 is 2.00 bits per heavy atom. The van der Waals surface area contributed by atoms with Gasteiger partial charge in [-0.25, -0.2) is 0 Å². The minimum absolute atomic E-state index is 0.370. The van der Waals surface area contributed by atoms with Crippen LogP contribution in [0.5, 0.6) is 5.88 Å². The SMILES string of the molecule is Cc1cc(OCc2cc(Br)ccc2Cl)nnc1C. The summed E-state index contributed by atoms with van der Waals surface area (Å²) in [7, 11) is 0. The summed E-state index contributed by atoms with van der Waals surface area (Å²) in [4.78, 5) is 0. The Morgan fingerprint density at radius 1 is 1.22 bits per heavy atom. The first-order valence-electron chi connectivity index (χ1n) is 5.44. The molecule has 5 heteroatoms. The van der Waals surface area contributed by atoms with Crippen molar-refractivity contribution in [2.24, 2.45) is 0 Å². The Labute approximate surface area is 119 Å². The molecular weight excluding hydrogens is 316 g/mol. The number of aryl methyl sites for hydroxylation is 2. The van der Waals surface area contributed by atoms with E-state index in [1.54, 1.807) is 0 Å². The van der Waals surface area contributed by atoms with Gasteiger partial charge in [-0.2, -0.15) is 5.10 Å². The second-order valence-electron chi connectivity index (χ2n) is 3.98. The maximum Gasteiger partial charge on any atom is 0.233 e. The number of hydrogen-bond donors (Lipinski definition) is 0. The van der Waals surface area contributed by atoms with Crippen LogP contribution >= 0.6 is 27.5 Å². The molecule has 1 heterocycles. The molecule has 0 atom stereocenters. The number of aromatic nitrogens is 2. The van der Waals surface area contributed by atoms with Crippen molar-refractivity contribution in [2.75, 3.05) is 0 Å². The zero-order chi connectivity index (χ0) is 13.1. The van der Waals surface area contributed by atoms with Gasteiger partial charge in [0.15, 0.2) is 0 Å². The monoisotopic (exact) mass is 326 g/mol. The lowest BCUT2D eigenvalue weighted by Gasteiger charge is -2.08. The molecule has 0 aliphatic heterocycles. The van der Waals surface area contributed by atoms with Crippen molar-refractivity contribution in [2.45, 2.75) is 20.5 Å². The minimum atomic E-state index is 0.370. The summed E-state index contributed by atoms with van der Waals surface area (Å²) in [6, 6.07) is 7.52. The average molecular weight is 328 g/mol. The molecule has 2 aromatic rings. The maximum atomic E-state index is 6.08. The second kappa shape index (κ2) is 5.67. The first-order chi connectivity index (χ1) is 8.56. The van der Waals surface area contributed by atoms with Crippen molar-refractivity contribution in [1.29, 1.82) is 0 Å². The lowest BCUT2D eigenvalue weighted by molar-refractivity contribution is 0.289. The highest BCUT2D eigenvalue weighted by atomic mass is 79.9. The van der Waals surface area contributed by atoms with Crippen LogP contribution < -0.4 is 4.74 Å². The van der Waals surface area contributed by atoms with Crippen LogP contribution in [-0.4, -0.2) is 10.2 Å². The van der Waals surface area contributed by atoms with Gasteiger partial charge in [0.2, 0.25) is 5.88 Å². The molecule has 0 saturated heterocycles. The fourth-order valence-electron chi connectivity index (χ4n) is 1.40. The van der Waals surface area contributed by atoms with Gasteiger partial charge >= 0.3 is 0 Å². The van der Waals surface area contributed by atoms with Gasteiger partial charge in [0.25, 0.3) is 0 Å². The molecule has 0 aliphatic carbocycles. The molecule has 0 radical (unpaired) electrons. The molecule has 94 valence electrons. The van der Waals surface area contributed by atoms with Crippen LogP contribution in [-0.2, 0) is 6.61 Å². The highest BCUT2D eigenvalue weighted by Crippen LogP contribution is 2.22. The first-order valence-corrected chi connectivity index (χ1v) is 6.61. The zero-order valence-corrected chi connectivity index (χ0v) is 12.4. The van der Waals surface area contributed by atoms with E-state index in [0.717, 1.165) is 21.3 Å².